The molecule has 92 valence electrons. The quantitative estimate of drug-likeness (QED) is 0.594. The highest BCUT2D eigenvalue weighted by atomic mass is 16.1. The maximum absolute atomic E-state index is 11.4. The zero-order chi connectivity index (χ0) is 12.7. The van der Waals surface area contributed by atoms with E-state index >= 15 is 0 Å². The lowest BCUT2D eigenvalue weighted by molar-refractivity contribution is -0.121. The van der Waals surface area contributed by atoms with Crippen molar-refractivity contribution in [1.29, 1.82) is 0 Å². The zero-order valence-electron chi connectivity index (χ0n) is 10.3. The first-order valence-corrected chi connectivity index (χ1v) is 5.74. The molecule has 0 radical (unpaired) electrons. The summed E-state index contributed by atoms with van der Waals surface area (Å²) in [5.41, 5.74) is 6.69. The highest BCUT2D eigenvalue weighted by Crippen LogP contribution is 1.98. The summed E-state index contributed by atoms with van der Waals surface area (Å²) < 4.78 is 0. The van der Waals surface area contributed by atoms with Gasteiger partial charge in [-0.25, -0.2) is 0 Å². The molecule has 0 fully saturated rings. The molecule has 1 aromatic carbocycles. The summed E-state index contributed by atoms with van der Waals surface area (Å²) in [7, 11) is 0. The molecule has 17 heavy (non-hydrogen) atoms. The van der Waals surface area contributed by atoms with Crippen molar-refractivity contribution in [1.82, 2.24) is 5.32 Å². The van der Waals surface area contributed by atoms with E-state index in [0.717, 1.165) is 5.56 Å². The monoisotopic (exact) mass is 233 g/mol. The number of nitrogens with one attached hydrogen (secondary N) is 1. The Morgan fingerprint density at radius 2 is 2.00 bits per heavy atom. The lowest BCUT2D eigenvalue weighted by Crippen LogP contribution is -2.30. The summed E-state index contributed by atoms with van der Waals surface area (Å²) in [6, 6.07) is 9.69. The maximum atomic E-state index is 11.4. The number of benzene rings is 1. The molecule has 0 atom stereocenters. The number of amides is 1. The van der Waals surface area contributed by atoms with Gasteiger partial charge in [0.2, 0.25) is 5.91 Å². The van der Waals surface area contributed by atoms with Crippen molar-refractivity contribution in [3.05, 3.63) is 35.9 Å². The normalized spacial score (nSPS) is 11.6. The van der Waals surface area contributed by atoms with Crippen LogP contribution in [0.25, 0.3) is 0 Å². The SMILES string of the molecule is CC(C)NC(=O)CCN=C(N)c1ccccc1. The van der Waals surface area contributed by atoms with Gasteiger partial charge in [0, 0.05) is 18.0 Å². The minimum Gasteiger partial charge on any atom is -0.384 e. The molecule has 1 amide bonds. The molecule has 4 heteroatoms. The number of hydrogen-bond acceptors (Lipinski definition) is 2. The van der Waals surface area contributed by atoms with Crippen LogP contribution in [0, 0.1) is 0 Å². The van der Waals surface area contributed by atoms with Gasteiger partial charge in [-0.05, 0) is 13.8 Å². The van der Waals surface area contributed by atoms with Gasteiger partial charge in [0.25, 0.3) is 0 Å². The fourth-order valence-corrected chi connectivity index (χ4v) is 1.37. The molecule has 3 N–H and O–H groups in total. The van der Waals surface area contributed by atoms with Crippen LogP contribution in [0.1, 0.15) is 25.8 Å². The average molecular weight is 233 g/mol. The number of carbonyl (C=O) groups excluding carboxylic acids is 1. The number of rotatable bonds is 5. The fraction of sp³-hybridized carbons (Fsp3) is 0.385. The Hall–Kier alpha value is -1.84. The first-order valence-electron chi connectivity index (χ1n) is 5.74. The molecule has 0 unspecified atom stereocenters. The predicted octanol–water partition coefficient (Wildman–Crippen LogP) is 1.31. The second kappa shape index (κ2) is 6.68. The Morgan fingerprint density at radius 1 is 1.35 bits per heavy atom. The Kier molecular flexibility index (Phi) is 5.20. The number of hydrogen-bond donors (Lipinski definition) is 2. The number of nitrogens with two attached hydrogens (primary N) is 1. The molecular formula is C13H19N3O. The van der Waals surface area contributed by atoms with Crippen LogP contribution < -0.4 is 11.1 Å². The summed E-state index contributed by atoms with van der Waals surface area (Å²) >= 11 is 0. The van der Waals surface area contributed by atoms with E-state index in [9.17, 15) is 4.79 Å². The summed E-state index contributed by atoms with van der Waals surface area (Å²) in [5.74, 6) is 0.479. The van der Waals surface area contributed by atoms with Crippen molar-refractivity contribution in [2.75, 3.05) is 6.54 Å². The van der Waals surface area contributed by atoms with Gasteiger partial charge in [-0.3, -0.25) is 9.79 Å². The largest absolute Gasteiger partial charge is 0.384 e. The van der Waals surface area contributed by atoms with Crippen molar-refractivity contribution in [2.45, 2.75) is 26.3 Å². The van der Waals surface area contributed by atoms with Crippen molar-refractivity contribution in [2.24, 2.45) is 10.7 Å². The Labute approximate surface area is 102 Å². The summed E-state index contributed by atoms with van der Waals surface area (Å²) in [6.45, 7) is 4.28. The van der Waals surface area contributed by atoms with Gasteiger partial charge in [-0.15, -0.1) is 0 Å². The molecular weight excluding hydrogens is 214 g/mol. The van der Waals surface area contributed by atoms with E-state index in [4.69, 9.17) is 5.73 Å². The summed E-state index contributed by atoms with van der Waals surface area (Å²) in [5, 5.41) is 2.81. The van der Waals surface area contributed by atoms with Gasteiger partial charge in [0.1, 0.15) is 5.84 Å². The molecule has 0 aliphatic carbocycles. The number of carbonyl (C=O) groups is 1. The van der Waals surface area contributed by atoms with Crippen molar-refractivity contribution in [3.8, 4) is 0 Å². The topological polar surface area (TPSA) is 67.5 Å². The number of amidine groups is 1. The Morgan fingerprint density at radius 3 is 2.59 bits per heavy atom. The third kappa shape index (κ3) is 5.15. The molecule has 0 saturated heterocycles. The highest BCUT2D eigenvalue weighted by Gasteiger charge is 2.02. The average Bonchev–Trinajstić information content (AvgIpc) is 2.29. The van der Waals surface area contributed by atoms with Crippen LogP contribution in [-0.4, -0.2) is 24.3 Å². The highest BCUT2D eigenvalue weighted by molar-refractivity contribution is 5.97. The lowest BCUT2D eigenvalue weighted by atomic mass is 10.2. The van der Waals surface area contributed by atoms with E-state index in [0.29, 0.717) is 18.8 Å². The second-order valence-corrected chi connectivity index (χ2v) is 4.11. The summed E-state index contributed by atoms with van der Waals surface area (Å²) in [4.78, 5) is 15.5. The van der Waals surface area contributed by atoms with Gasteiger partial charge >= 0.3 is 0 Å². The van der Waals surface area contributed by atoms with Crippen LogP contribution >= 0.6 is 0 Å². The molecule has 1 rings (SSSR count). The van der Waals surface area contributed by atoms with E-state index in [1.165, 1.54) is 0 Å². The van der Waals surface area contributed by atoms with Gasteiger partial charge in [0.15, 0.2) is 0 Å². The van der Waals surface area contributed by atoms with Crippen LogP contribution in [0.15, 0.2) is 35.3 Å². The van der Waals surface area contributed by atoms with Crippen LogP contribution in [-0.2, 0) is 4.79 Å². The van der Waals surface area contributed by atoms with E-state index in [2.05, 4.69) is 10.3 Å². The van der Waals surface area contributed by atoms with Gasteiger partial charge in [-0.2, -0.15) is 0 Å². The number of aliphatic imine (C=N–C) groups is 1. The van der Waals surface area contributed by atoms with Crippen LogP contribution in [0.2, 0.25) is 0 Å². The second-order valence-electron chi connectivity index (χ2n) is 4.11. The standard InChI is InChI=1S/C13H19N3O/c1-10(2)16-12(17)8-9-15-13(14)11-6-4-3-5-7-11/h3-7,10H,8-9H2,1-2H3,(H2,14,15)(H,16,17). The molecule has 4 nitrogen and oxygen atoms in total. The third-order valence-corrected chi connectivity index (χ3v) is 2.14. The van der Waals surface area contributed by atoms with Crippen LogP contribution in [0.5, 0.6) is 0 Å². The van der Waals surface area contributed by atoms with E-state index in [-0.39, 0.29) is 11.9 Å². The maximum Gasteiger partial charge on any atom is 0.222 e. The van der Waals surface area contributed by atoms with Gasteiger partial charge < -0.3 is 11.1 Å². The molecule has 0 aliphatic heterocycles. The van der Waals surface area contributed by atoms with Crippen molar-refractivity contribution in [3.63, 3.8) is 0 Å². The van der Waals surface area contributed by atoms with E-state index in [1.54, 1.807) is 0 Å². The zero-order valence-corrected chi connectivity index (χ0v) is 10.3. The van der Waals surface area contributed by atoms with Crippen LogP contribution in [0.3, 0.4) is 0 Å². The fourth-order valence-electron chi connectivity index (χ4n) is 1.37. The summed E-state index contributed by atoms with van der Waals surface area (Å²) in [6.07, 6.45) is 0.367. The number of nitrogens with zero attached hydrogens (tertiary/aromatic N) is 1. The molecule has 0 saturated carbocycles. The smallest absolute Gasteiger partial charge is 0.222 e. The Balaban J connectivity index is 2.42. The van der Waals surface area contributed by atoms with E-state index < -0.39 is 0 Å². The lowest BCUT2D eigenvalue weighted by Gasteiger charge is -2.07. The molecule has 0 aliphatic rings. The van der Waals surface area contributed by atoms with Crippen molar-refractivity contribution >= 4 is 11.7 Å². The molecule has 0 bridgehead atoms. The molecule has 0 spiro atoms. The molecule has 0 heterocycles. The molecule has 0 aromatic heterocycles. The van der Waals surface area contributed by atoms with E-state index in [1.807, 2.05) is 44.2 Å². The van der Waals surface area contributed by atoms with Gasteiger partial charge in [-0.1, -0.05) is 30.3 Å². The van der Waals surface area contributed by atoms with Crippen LogP contribution in [0.4, 0.5) is 0 Å². The third-order valence-electron chi connectivity index (χ3n) is 2.14. The van der Waals surface area contributed by atoms with Crippen molar-refractivity contribution < 1.29 is 4.79 Å². The Bertz CT molecular complexity index is 385. The minimum atomic E-state index is 0.00427. The van der Waals surface area contributed by atoms with Gasteiger partial charge in [0.05, 0.1) is 6.54 Å². The first-order chi connectivity index (χ1) is 8.09. The first kappa shape index (κ1) is 13.2. The predicted molar refractivity (Wildman–Crippen MR) is 69.9 cm³/mol. The minimum absolute atomic E-state index is 0.00427. The molecule has 1 aromatic rings.